The summed E-state index contributed by atoms with van der Waals surface area (Å²) in [6, 6.07) is 7.97. The van der Waals surface area contributed by atoms with Crippen LogP contribution in [0, 0.1) is 5.82 Å². The maximum absolute atomic E-state index is 14.2. The first kappa shape index (κ1) is 17.6. The standard InChI is InChI=1S/C20H18FN3O2S/c1-12(25)19-9-13(11-27-19)20(26)23-16-6-4-8-17-14(16)10-22-24(17)18-7-3-2-5-15(18)21/h2-3,5,7,9-11,16H,4,6,8H2,1H3,(H,23,26). The average molecular weight is 383 g/mol. The number of aromatic nitrogens is 2. The number of hydrogen-bond donors (Lipinski definition) is 1. The number of hydrogen-bond acceptors (Lipinski definition) is 4. The van der Waals surface area contributed by atoms with Crippen molar-refractivity contribution in [3.05, 3.63) is 69.4 Å². The number of Topliss-reactive ketones (excluding diaryl/α,β-unsaturated/α-hetero) is 1. The molecule has 0 bridgehead atoms. The summed E-state index contributed by atoms with van der Waals surface area (Å²) in [5.41, 5.74) is 2.74. The molecule has 1 amide bonds. The number of rotatable bonds is 4. The third kappa shape index (κ3) is 3.30. The molecular weight excluding hydrogens is 365 g/mol. The van der Waals surface area contributed by atoms with E-state index >= 15 is 0 Å². The van der Waals surface area contributed by atoms with Crippen LogP contribution in [0.5, 0.6) is 0 Å². The minimum atomic E-state index is -0.329. The van der Waals surface area contributed by atoms with Gasteiger partial charge in [-0.15, -0.1) is 11.3 Å². The number of para-hydroxylation sites is 1. The third-order valence-electron chi connectivity index (χ3n) is 4.78. The summed E-state index contributed by atoms with van der Waals surface area (Å²) in [4.78, 5) is 24.6. The van der Waals surface area contributed by atoms with Crippen molar-refractivity contribution in [2.75, 3.05) is 0 Å². The largest absolute Gasteiger partial charge is 0.345 e. The predicted molar refractivity (Wildman–Crippen MR) is 101 cm³/mol. The Kier molecular flexibility index (Phi) is 4.61. The minimum absolute atomic E-state index is 0.0508. The second-order valence-corrected chi connectivity index (χ2v) is 7.50. The van der Waals surface area contributed by atoms with Crippen LogP contribution in [0.2, 0.25) is 0 Å². The topological polar surface area (TPSA) is 64.0 Å². The molecule has 1 N–H and O–H groups in total. The number of fused-ring (bicyclic) bond motifs is 1. The molecule has 1 aromatic carbocycles. The number of thiophene rings is 1. The maximum atomic E-state index is 14.2. The van der Waals surface area contributed by atoms with Crippen molar-refractivity contribution in [2.24, 2.45) is 0 Å². The summed E-state index contributed by atoms with van der Waals surface area (Å²) in [6.45, 7) is 1.48. The molecule has 2 heterocycles. The van der Waals surface area contributed by atoms with E-state index in [4.69, 9.17) is 0 Å². The molecular formula is C20H18FN3O2S. The number of nitrogens with one attached hydrogen (secondary N) is 1. The number of nitrogens with zero attached hydrogens (tertiary/aromatic N) is 2. The van der Waals surface area contributed by atoms with E-state index in [0.29, 0.717) is 16.1 Å². The number of carbonyl (C=O) groups is 2. The average Bonchev–Trinajstić information content (AvgIpc) is 3.30. The monoisotopic (exact) mass is 383 g/mol. The van der Waals surface area contributed by atoms with E-state index < -0.39 is 0 Å². The number of halogens is 1. The molecule has 3 aromatic rings. The van der Waals surface area contributed by atoms with Crippen molar-refractivity contribution in [2.45, 2.75) is 32.2 Å². The van der Waals surface area contributed by atoms with Gasteiger partial charge in [-0.3, -0.25) is 9.59 Å². The lowest BCUT2D eigenvalue weighted by Crippen LogP contribution is -2.30. The van der Waals surface area contributed by atoms with Crippen molar-refractivity contribution in [1.29, 1.82) is 0 Å². The molecule has 27 heavy (non-hydrogen) atoms. The second-order valence-electron chi connectivity index (χ2n) is 6.58. The predicted octanol–water partition coefficient (Wildman–Crippen LogP) is 4.08. The molecule has 0 saturated carbocycles. The van der Waals surface area contributed by atoms with Gasteiger partial charge in [-0.1, -0.05) is 12.1 Å². The molecule has 1 aliphatic rings. The summed E-state index contributed by atoms with van der Waals surface area (Å²) in [5, 5.41) is 9.09. The molecule has 0 fully saturated rings. The van der Waals surface area contributed by atoms with Gasteiger partial charge in [0, 0.05) is 16.6 Å². The molecule has 0 saturated heterocycles. The van der Waals surface area contributed by atoms with Gasteiger partial charge < -0.3 is 5.32 Å². The van der Waals surface area contributed by atoms with Crippen LogP contribution in [0.3, 0.4) is 0 Å². The van der Waals surface area contributed by atoms with E-state index in [-0.39, 0.29) is 23.5 Å². The molecule has 0 aliphatic heterocycles. The van der Waals surface area contributed by atoms with Crippen LogP contribution in [-0.4, -0.2) is 21.5 Å². The number of amides is 1. The molecule has 1 aliphatic carbocycles. The lowest BCUT2D eigenvalue weighted by atomic mass is 9.92. The minimum Gasteiger partial charge on any atom is -0.345 e. The first-order valence-corrected chi connectivity index (χ1v) is 9.64. The van der Waals surface area contributed by atoms with Crippen LogP contribution in [0.15, 0.2) is 41.9 Å². The van der Waals surface area contributed by atoms with Crippen LogP contribution in [0.4, 0.5) is 4.39 Å². The molecule has 4 rings (SSSR count). The first-order chi connectivity index (χ1) is 13.0. The van der Waals surface area contributed by atoms with E-state index in [0.717, 1.165) is 30.5 Å². The number of benzene rings is 1. The van der Waals surface area contributed by atoms with Gasteiger partial charge in [-0.05, 0) is 44.4 Å². The smallest absolute Gasteiger partial charge is 0.252 e. The van der Waals surface area contributed by atoms with Crippen molar-refractivity contribution >= 4 is 23.0 Å². The van der Waals surface area contributed by atoms with Gasteiger partial charge in [0.1, 0.15) is 11.5 Å². The van der Waals surface area contributed by atoms with Gasteiger partial charge in [0.15, 0.2) is 5.78 Å². The Morgan fingerprint density at radius 1 is 1.33 bits per heavy atom. The van der Waals surface area contributed by atoms with E-state index in [1.54, 1.807) is 40.5 Å². The summed E-state index contributed by atoms with van der Waals surface area (Å²) in [6.07, 6.45) is 4.16. The van der Waals surface area contributed by atoms with Crippen LogP contribution in [0.25, 0.3) is 5.69 Å². The fourth-order valence-electron chi connectivity index (χ4n) is 3.42. The summed E-state index contributed by atoms with van der Waals surface area (Å²) in [7, 11) is 0. The van der Waals surface area contributed by atoms with Gasteiger partial charge in [0.05, 0.1) is 22.7 Å². The summed E-state index contributed by atoms with van der Waals surface area (Å²) in [5.74, 6) is -0.593. The normalized spacial score (nSPS) is 16.0. The molecule has 138 valence electrons. The zero-order valence-corrected chi connectivity index (χ0v) is 15.6. The SMILES string of the molecule is CC(=O)c1cc(C(=O)NC2CCCc3c2cnn3-c2ccccc2F)cs1. The van der Waals surface area contributed by atoms with Gasteiger partial charge >= 0.3 is 0 Å². The van der Waals surface area contributed by atoms with Crippen molar-refractivity contribution in [1.82, 2.24) is 15.1 Å². The van der Waals surface area contributed by atoms with E-state index in [9.17, 15) is 14.0 Å². The zero-order valence-electron chi connectivity index (χ0n) is 14.7. The fraction of sp³-hybridized carbons (Fsp3) is 0.250. The fourth-order valence-corrected chi connectivity index (χ4v) is 4.21. The van der Waals surface area contributed by atoms with Crippen molar-refractivity contribution in [3.8, 4) is 5.69 Å². The summed E-state index contributed by atoms with van der Waals surface area (Å²) < 4.78 is 15.8. The van der Waals surface area contributed by atoms with E-state index in [2.05, 4.69) is 10.4 Å². The molecule has 0 spiro atoms. The van der Waals surface area contributed by atoms with Crippen LogP contribution in [-0.2, 0) is 6.42 Å². The van der Waals surface area contributed by atoms with Gasteiger partial charge in [-0.2, -0.15) is 5.10 Å². The first-order valence-electron chi connectivity index (χ1n) is 8.76. The van der Waals surface area contributed by atoms with Crippen LogP contribution >= 0.6 is 11.3 Å². The maximum Gasteiger partial charge on any atom is 0.252 e. The van der Waals surface area contributed by atoms with E-state index in [1.165, 1.54) is 24.3 Å². The Bertz CT molecular complexity index is 1020. The highest BCUT2D eigenvalue weighted by Crippen LogP contribution is 2.32. The number of carbonyl (C=O) groups excluding carboxylic acids is 2. The van der Waals surface area contributed by atoms with Crippen LogP contribution < -0.4 is 5.32 Å². The highest BCUT2D eigenvalue weighted by atomic mass is 32.1. The number of ketones is 1. The van der Waals surface area contributed by atoms with Crippen molar-refractivity contribution in [3.63, 3.8) is 0 Å². The van der Waals surface area contributed by atoms with E-state index in [1.807, 2.05) is 0 Å². The molecule has 5 nitrogen and oxygen atoms in total. The Morgan fingerprint density at radius 3 is 2.89 bits per heavy atom. The van der Waals surface area contributed by atoms with Gasteiger partial charge in [-0.25, -0.2) is 9.07 Å². The Labute approximate surface area is 159 Å². The molecule has 2 aromatic heterocycles. The zero-order chi connectivity index (χ0) is 19.0. The third-order valence-corrected chi connectivity index (χ3v) is 5.81. The second kappa shape index (κ2) is 7.08. The highest BCUT2D eigenvalue weighted by Gasteiger charge is 2.27. The van der Waals surface area contributed by atoms with Crippen molar-refractivity contribution < 1.29 is 14.0 Å². The lowest BCUT2D eigenvalue weighted by molar-refractivity contribution is 0.0933. The Balaban J connectivity index is 1.60. The summed E-state index contributed by atoms with van der Waals surface area (Å²) >= 11 is 1.27. The Hall–Kier alpha value is -2.80. The van der Waals surface area contributed by atoms with Crippen LogP contribution in [0.1, 0.15) is 57.1 Å². The molecule has 1 unspecified atom stereocenters. The Morgan fingerprint density at radius 2 is 2.15 bits per heavy atom. The lowest BCUT2D eigenvalue weighted by Gasteiger charge is -2.24. The van der Waals surface area contributed by atoms with Gasteiger partial charge in [0.25, 0.3) is 5.91 Å². The molecule has 1 atom stereocenters. The van der Waals surface area contributed by atoms with Gasteiger partial charge in [0.2, 0.25) is 0 Å². The highest BCUT2D eigenvalue weighted by molar-refractivity contribution is 7.12. The molecule has 0 radical (unpaired) electrons. The quantitative estimate of drug-likeness (QED) is 0.691. The molecule has 7 heteroatoms.